The molecule has 2 aliphatic rings. The van der Waals surface area contributed by atoms with E-state index in [0.29, 0.717) is 6.54 Å². The van der Waals surface area contributed by atoms with Crippen molar-refractivity contribution in [3.63, 3.8) is 0 Å². The minimum atomic E-state index is -0.0191. The van der Waals surface area contributed by atoms with Crippen molar-refractivity contribution in [3.05, 3.63) is 29.1 Å². The molecule has 0 saturated carbocycles. The lowest BCUT2D eigenvalue weighted by molar-refractivity contribution is 0.0856. The Balaban J connectivity index is 1.69. The van der Waals surface area contributed by atoms with Gasteiger partial charge in [-0.05, 0) is 37.4 Å². The third kappa shape index (κ3) is 2.83. The molecule has 3 heterocycles. The maximum atomic E-state index is 12.3. The van der Waals surface area contributed by atoms with Crippen molar-refractivity contribution in [2.24, 2.45) is 0 Å². The van der Waals surface area contributed by atoms with Gasteiger partial charge in [0.05, 0.1) is 11.7 Å². The highest BCUT2D eigenvalue weighted by atomic mass is 16.5. The Morgan fingerprint density at radius 1 is 1.55 bits per heavy atom. The zero-order valence-corrected chi connectivity index (χ0v) is 11.9. The lowest BCUT2D eigenvalue weighted by atomic mass is 9.97. The van der Waals surface area contributed by atoms with Crippen LogP contribution in [0.2, 0.25) is 0 Å². The summed E-state index contributed by atoms with van der Waals surface area (Å²) in [5, 5.41) is 2.98. The van der Waals surface area contributed by atoms with Gasteiger partial charge in [-0.25, -0.2) is 0 Å². The van der Waals surface area contributed by atoms with E-state index in [1.807, 2.05) is 6.20 Å². The Kier molecular flexibility index (Phi) is 3.98. The molecule has 1 aromatic heterocycles. The number of hydrogen-bond donors (Lipinski definition) is 1. The van der Waals surface area contributed by atoms with E-state index in [0.717, 1.165) is 50.1 Å². The number of fused-ring (bicyclic) bond motifs is 1. The zero-order chi connectivity index (χ0) is 13.9. The number of likely N-dealkylation sites (N-methyl/N-ethyl adjacent to an activating group) is 1. The lowest BCUT2D eigenvalue weighted by Gasteiger charge is -2.26. The molecule has 5 nitrogen and oxygen atoms in total. The van der Waals surface area contributed by atoms with Crippen LogP contribution in [0.15, 0.2) is 12.4 Å². The van der Waals surface area contributed by atoms with Crippen LogP contribution < -0.4 is 5.32 Å². The molecule has 5 heteroatoms. The van der Waals surface area contributed by atoms with Crippen LogP contribution in [0.25, 0.3) is 0 Å². The summed E-state index contributed by atoms with van der Waals surface area (Å²) < 4.78 is 5.53. The molecule has 0 bridgehead atoms. The number of aromatic nitrogens is 1. The fourth-order valence-electron chi connectivity index (χ4n) is 2.94. The first-order valence-corrected chi connectivity index (χ1v) is 7.28. The van der Waals surface area contributed by atoms with E-state index in [1.165, 1.54) is 5.56 Å². The number of nitrogens with zero attached hydrogens (tertiary/aromatic N) is 2. The highest BCUT2D eigenvalue weighted by Gasteiger charge is 2.22. The second-order valence-electron chi connectivity index (χ2n) is 5.66. The van der Waals surface area contributed by atoms with Gasteiger partial charge in [-0.3, -0.25) is 9.78 Å². The molecule has 1 N–H and O–H groups in total. The fraction of sp³-hybridized carbons (Fsp3) is 0.600. The predicted octanol–water partition coefficient (Wildman–Crippen LogP) is 0.978. The number of carbonyl (C=O) groups is 1. The molecule has 1 aromatic rings. The van der Waals surface area contributed by atoms with Gasteiger partial charge in [-0.2, -0.15) is 0 Å². The van der Waals surface area contributed by atoms with Crippen molar-refractivity contribution in [2.45, 2.75) is 31.9 Å². The minimum Gasteiger partial charge on any atom is -0.376 e. The number of hydrogen-bond acceptors (Lipinski definition) is 4. The van der Waals surface area contributed by atoms with E-state index in [4.69, 9.17) is 4.74 Å². The molecular weight excluding hydrogens is 254 g/mol. The van der Waals surface area contributed by atoms with Crippen molar-refractivity contribution in [3.8, 4) is 0 Å². The first kappa shape index (κ1) is 13.5. The average molecular weight is 275 g/mol. The second kappa shape index (κ2) is 5.89. The van der Waals surface area contributed by atoms with Crippen molar-refractivity contribution in [2.75, 3.05) is 26.7 Å². The van der Waals surface area contributed by atoms with Crippen LogP contribution in [0.3, 0.4) is 0 Å². The summed E-state index contributed by atoms with van der Waals surface area (Å²) in [5.74, 6) is -0.0191. The third-order valence-corrected chi connectivity index (χ3v) is 4.09. The summed E-state index contributed by atoms with van der Waals surface area (Å²) in [5.41, 5.74) is 3.06. The SMILES string of the molecule is CN1CCc2c(cncc2C(=O)NCC2CCCO2)C1. The molecule has 1 unspecified atom stereocenters. The maximum Gasteiger partial charge on any atom is 0.253 e. The predicted molar refractivity (Wildman–Crippen MR) is 75.6 cm³/mol. The van der Waals surface area contributed by atoms with Gasteiger partial charge < -0.3 is 15.0 Å². The molecule has 0 radical (unpaired) electrons. The van der Waals surface area contributed by atoms with Crippen molar-refractivity contribution in [1.82, 2.24) is 15.2 Å². The van der Waals surface area contributed by atoms with Gasteiger partial charge in [-0.15, -0.1) is 0 Å². The Morgan fingerprint density at radius 3 is 3.25 bits per heavy atom. The van der Waals surface area contributed by atoms with E-state index in [9.17, 15) is 4.79 Å². The van der Waals surface area contributed by atoms with Gasteiger partial charge in [0.2, 0.25) is 0 Å². The summed E-state index contributed by atoms with van der Waals surface area (Å²) in [4.78, 5) is 18.8. The van der Waals surface area contributed by atoms with Gasteiger partial charge in [-0.1, -0.05) is 0 Å². The normalized spacial score (nSPS) is 22.6. The first-order chi connectivity index (χ1) is 9.74. The van der Waals surface area contributed by atoms with Crippen LogP contribution in [-0.4, -0.2) is 48.6 Å². The number of amides is 1. The smallest absolute Gasteiger partial charge is 0.253 e. The van der Waals surface area contributed by atoms with Crippen LogP contribution >= 0.6 is 0 Å². The largest absolute Gasteiger partial charge is 0.376 e. The van der Waals surface area contributed by atoms with Crippen molar-refractivity contribution < 1.29 is 9.53 Å². The van der Waals surface area contributed by atoms with Gasteiger partial charge in [0.25, 0.3) is 5.91 Å². The van der Waals surface area contributed by atoms with Gasteiger partial charge in [0.15, 0.2) is 0 Å². The number of carbonyl (C=O) groups excluding carboxylic acids is 1. The molecular formula is C15H21N3O2. The molecule has 1 fully saturated rings. The number of rotatable bonds is 3. The van der Waals surface area contributed by atoms with Crippen LogP contribution in [0, 0.1) is 0 Å². The molecule has 108 valence electrons. The fourth-order valence-corrected chi connectivity index (χ4v) is 2.94. The standard InChI is InChI=1S/C15H21N3O2/c1-18-5-4-13-11(10-18)7-16-9-14(13)15(19)17-8-12-3-2-6-20-12/h7,9,12H,2-6,8,10H2,1H3,(H,17,19). The number of nitrogens with one attached hydrogen (secondary N) is 1. The van der Waals surface area contributed by atoms with E-state index in [2.05, 4.69) is 22.2 Å². The second-order valence-corrected chi connectivity index (χ2v) is 5.66. The Morgan fingerprint density at radius 2 is 2.45 bits per heavy atom. The van der Waals surface area contributed by atoms with Crippen LogP contribution in [0.1, 0.15) is 34.3 Å². The van der Waals surface area contributed by atoms with Crippen molar-refractivity contribution in [1.29, 1.82) is 0 Å². The molecule has 20 heavy (non-hydrogen) atoms. The minimum absolute atomic E-state index is 0.0191. The summed E-state index contributed by atoms with van der Waals surface area (Å²) in [6.07, 6.45) is 6.79. The highest BCUT2D eigenvalue weighted by Crippen LogP contribution is 2.20. The monoisotopic (exact) mass is 275 g/mol. The average Bonchev–Trinajstić information content (AvgIpc) is 2.97. The van der Waals surface area contributed by atoms with Gasteiger partial charge in [0.1, 0.15) is 0 Å². The zero-order valence-electron chi connectivity index (χ0n) is 11.9. The van der Waals surface area contributed by atoms with E-state index >= 15 is 0 Å². The maximum absolute atomic E-state index is 12.3. The molecule has 1 atom stereocenters. The summed E-state index contributed by atoms with van der Waals surface area (Å²) in [6, 6.07) is 0. The Hall–Kier alpha value is -1.46. The molecule has 1 amide bonds. The van der Waals surface area contributed by atoms with Gasteiger partial charge >= 0.3 is 0 Å². The van der Waals surface area contributed by atoms with E-state index in [-0.39, 0.29) is 12.0 Å². The molecule has 0 spiro atoms. The quantitative estimate of drug-likeness (QED) is 0.893. The third-order valence-electron chi connectivity index (χ3n) is 4.09. The van der Waals surface area contributed by atoms with Crippen LogP contribution in [0.5, 0.6) is 0 Å². The molecule has 2 aliphatic heterocycles. The van der Waals surface area contributed by atoms with Crippen LogP contribution in [0.4, 0.5) is 0 Å². The molecule has 3 rings (SSSR count). The summed E-state index contributed by atoms with van der Waals surface area (Å²) >= 11 is 0. The Bertz CT molecular complexity index is 498. The number of pyridine rings is 1. The molecule has 1 saturated heterocycles. The van der Waals surface area contributed by atoms with E-state index < -0.39 is 0 Å². The molecule has 0 aromatic carbocycles. The van der Waals surface area contributed by atoms with Crippen LogP contribution in [-0.2, 0) is 17.7 Å². The first-order valence-electron chi connectivity index (χ1n) is 7.28. The summed E-state index contributed by atoms with van der Waals surface area (Å²) in [7, 11) is 2.09. The van der Waals surface area contributed by atoms with Gasteiger partial charge in [0, 0.05) is 38.6 Å². The lowest BCUT2D eigenvalue weighted by Crippen LogP contribution is -2.34. The topological polar surface area (TPSA) is 54.5 Å². The van der Waals surface area contributed by atoms with E-state index in [1.54, 1.807) is 6.20 Å². The number of ether oxygens (including phenoxy) is 1. The summed E-state index contributed by atoms with van der Waals surface area (Å²) in [6.45, 7) is 3.27. The molecule has 0 aliphatic carbocycles. The highest BCUT2D eigenvalue weighted by molar-refractivity contribution is 5.95. The Labute approximate surface area is 119 Å². The van der Waals surface area contributed by atoms with Crippen molar-refractivity contribution >= 4 is 5.91 Å².